The van der Waals surface area contributed by atoms with Gasteiger partial charge in [-0.25, -0.2) is 4.98 Å². The number of rotatable bonds is 2. The third kappa shape index (κ3) is 1.72. The number of hydrogen-bond acceptors (Lipinski definition) is 2. The first-order chi connectivity index (χ1) is 8.93. The molecule has 3 heterocycles. The van der Waals surface area contributed by atoms with Crippen molar-refractivity contribution in [2.75, 3.05) is 13.1 Å². The summed E-state index contributed by atoms with van der Waals surface area (Å²) in [5.74, 6) is 2.18. The quantitative estimate of drug-likeness (QED) is 0.865. The molecule has 0 radical (unpaired) electrons. The SMILES string of the molecule is C1=C(c2nc(C3CC3)n3c2CCCC3)CCNC1. The standard InChI is InChI=1S/C15H21N3/c1-2-10-18-13(3-1)14(11-6-8-16-9-7-11)17-15(18)12-4-5-12/h6,12,16H,1-5,7-10H2. The van der Waals surface area contributed by atoms with Crippen molar-refractivity contribution < 1.29 is 0 Å². The maximum absolute atomic E-state index is 5.04. The lowest BCUT2D eigenvalue weighted by molar-refractivity contribution is 0.514. The van der Waals surface area contributed by atoms with E-state index in [9.17, 15) is 0 Å². The second kappa shape index (κ2) is 4.23. The van der Waals surface area contributed by atoms with Gasteiger partial charge in [0.1, 0.15) is 5.82 Å². The van der Waals surface area contributed by atoms with Crippen LogP contribution in [-0.4, -0.2) is 22.6 Å². The molecule has 3 aliphatic rings. The Morgan fingerprint density at radius 2 is 2.17 bits per heavy atom. The maximum Gasteiger partial charge on any atom is 0.112 e. The average Bonchev–Trinajstić information content (AvgIpc) is 3.21. The minimum absolute atomic E-state index is 0.776. The Morgan fingerprint density at radius 1 is 1.22 bits per heavy atom. The number of aromatic nitrogens is 2. The summed E-state index contributed by atoms with van der Waals surface area (Å²) in [4.78, 5) is 5.04. The van der Waals surface area contributed by atoms with E-state index in [0.29, 0.717) is 0 Å². The minimum atomic E-state index is 0.776. The van der Waals surface area contributed by atoms with Gasteiger partial charge in [0.2, 0.25) is 0 Å². The first-order valence-corrected chi connectivity index (χ1v) is 7.43. The minimum Gasteiger partial charge on any atom is -0.331 e. The molecule has 3 nitrogen and oxygen atoms in total. The molecule has 1 N–H and O–H groups in total. The highest BCUT2D eigenvalue weighted by molar-refractivity contribution is 5.66. The summed E-state index contributed by atoms with van der Waals surface area (Å²) in [6, 6.07) is 0. The van der Waals surface area contributed by atoms with E-state index in [1.807, 2.05) is 0 Å². The van der Waals surface area contributed by atoms with Gasteiger partial charge in [-0.15, -0.1) is 0 Å². The predicted octanol–water partition coefficient (Wildman–Crippen LogP) is 2.47. The second-order valence-corrected chi connectivity index (χ2v) is 5.83. The van der Waals surface area contributed by atoms with Crippen LogP contribution in [0.15, 0.2) is 6.08 Å². The molecule has 0 amide bonds. The zero-order valence-corrected chi connectivity index (χ0v) is 10.9. The summed E-state index contributed by atoms with van der Waals surface area (Å²) in [5.41, 5.74) is 4.38. The van der Waals surface area contributed by atoms with E-state index in [2.05, 4.69) is 16.0 Å². The largest absolute Gasteiger partial charge is 0.331 e. The Bertz CT molecular complexity index is 494. The number of hydrogen-bond donors (Lipinski definition) is 1. The van der Waals surface area contributed by atoms with Crippen LogP contribution in [0.1, 0.15) is 55.2 Å². The Labute approximate surface area is 108 Å². The van der Waals surface area contributed by atoms with Crippen molar-refractivity contribution in [3.8, 4) is 0 Å². The van der Waals surface area contributed by atoms with Crippen molar-refractivity contribution in [1.29, 1.82) is 0 Å². The second-order valence-electron chi connectivity index (χ2n) is 5.83. The molecule has 1 saturated carbocycles. The number of imidazole rings is 1. The van der Waals surface area contributed by atoms with Crippen LogP contribution in [-0.2, 0) is 13.0 Å². The van der Waals surface area contributed by atoms with E-state index in [-0.39, 0.29) is 0 Å². The van der Waals surface area contributed by atoms with Crippen LogP contribution >= 0.6 is 0 Å². The average molecular weight is 243 g/mol. The van der Waals surface area contributed by atoms with E-state index in [1.54, 1.807) is 0 Å². The molecular formula is C15H21N3. The highest BCUT2D eigenvalue weighted by atomic mass is 15.1. The molecular weight excluding hydrogens is 222 g/mol. The van der Waals surface area contributed by atoms with Gasteiger partial charge in [0.15, 0.2) is 0 Å². The molecule has 1 aromatic rings. The molecule has 0 atom stereocenters. The smallest absolute Gasteiger partial charge is 0.112 e. The topological polar surface area (TPSA) is 29.9 Å². The molecule has 0 spiro atoms. The third-order valence-corrected chi connectivity index (χ3v) is 4.46. The summed E-state index contributed by atoms with van der Waals surface area (Å²) in [7, 11) is 0. The lowest BCUT2D eigenvalue weighted by Gasteiger charge is -2.19. The van der Waals surface area contributed by atoms with Crippen molar-refractivity contribution in [3.05, 3.63) is 23.3 Å². The fourth-order valence-electron chi connectivity index (χ4n) is 3.32. The molecule has 0 aromatic carbocycles. The Kier molecular flexibility index (Phi) is 2.54. The molecule has 0 unspecified atom stereocenters. The Hall–Kier alpha value is -1.09. The van der Waals surface area contributed by atoms with Crippen LogP contribution in [0.25, 0.3) is 5.57 Å². The number of fused-ring (bicyclic) bond motifs is 1. The highest BCUT2D eigenvalue weighted by Gasteiger charge is 2.32. The summed E-state index contributed by atoms with van der Waals surface area (Å²) in [6.07, 6.45) is 10.1. The molecule has 18 heavy (non-hydrogen) atoms. The lowest BCUT2D eigenvalue weighted by Crippen LogP contribution is -2.20. The lowest BCUT2D eigenvalue weighted by atomic mass is 10.0. The molecule has 0 bridgehead atoms. The van der Waals surface area contributed by atoms with Crippen LogP contribution in [0.5, 0.6) is 0 Å². The molecule has 96 valence electrons. The maximum atomic E-state index is 5.04. The van der Waals surface area contributed by atoms with E-state index in [4.69, 9.17) is 4.98 Å². The van der Waals surface area contributed by atoms with E-state index in [1.165, 1.54) is 61.4 Å². The predicted molar refractivity (Wildman–Crippen MR) is 72.6 cm³/mol. The molecule has 2 aliphatic heterocycles. The van der Waals surface area contributed by atoms with Crippen molar-refractivity contribution in [3.63, 3.8) is 0 Å². The van der Waals surface area contributed by atoms with Crippen LogP contribution in [0.2, 0.25) is 0 Å². The highest BCUT2D eigenvalue weighted by Crippen LogP contribution is 2.42. The summed E-state index contributed by atoms with van der Waals surface area (Å²) >= 11 is 0. The van der Waals surface area contributed by atoms with Gasteiger partial charge < -0.3 is 9.88 Å². The van der Waals surface area contributed by atoms with Crippen LogP contribution < -0.4 is 5.32 Å². The van der Waals surface area contributed by atoms with Crippen molar-refractivity contribution in [1.82, 2.24) is 14.9 Å². The van der Waals surface area contributed by atoms with Gasteiger partial charge in [0.05, 0.1) is 5.69 Å². The van der Waals surface area contributed by atoms with Crippen molar-refractivity contribution >= 4 is 5.57 Å². The first kappa shape index (κ1) is 10.8. The van der Waals surface area contributed by atoms with Gasteiger partial charge in [-0.2, -0.15) is 0 Å². The number of nitrogens with one attached hydrogen (secondary N) is 1. The van der Waals surface area contributed by atoms with Gasteiger partial charge in [0.25, 0.3) is 0 Å². The molecule has 1 aliphatic carbocycles. The Morgan fingerprint density at radius 3 is 2.94 bits per heavy atom. The van der Waals surface area contributed by atoms with Gasteiger partial charge in [0, 0.05) is 24.7 Å². The van der Waals surface area contributed by atoms with Crippen molar-refractivity contribution in [2.45, 2.75) is 51.0 Å². The number of nitrogens with zero attached hydrogens (tertiary/aromatic N) is 2. The van der Waals surface area contributed by atoms with E-state index < -0.39 is 0 Å². The molecule has 1 aromatic heterocycles. The third-order valence-electron chi connectivity index (χ3n) is 4.46. The van der Waals surface area contributed by atoms with Crippen LogP contribution in [0.4, 0.5) is 0 Å². The fraction of sp³-hybridized carbons (Fsp3) is 0.667. The summed E-state index contributed by atoms with van der Waals surface area (Å²) < 4.78 is 2.55. The van der Waals surface area contributed by atoms with E-state index >= 15 is 0 Å². The zero-order chi connectivity index (χ0) is 11.9. The fourth-order valence-corrected chi connectivity index (χ4v) is 3.32. The van der Waals surface area contributed by atoms with Gasteiger partial charge >= 0.3 is 0 Å². The molecule has 3 heteroatoms. The molecule has 0 saturated heterocycles. The molecule has 4 rings (SSSR count). The zero-order valence-electron chi connectivity index (χ0n) is 10.9. The summed E-state index contributed by atoms with van der Waals surface area (Å²) in [5, 5.41) is 3.40. The normalized spacial score (nSPS) is 23.7. The molecule has 1 fully saturated rings. The van der Waals surface area contributed by atoms with Gasteiger partial charge in [-0.3, -0.25) is 0 Å². The Balaban J connectivity index is 1.79. The van der Waals surface area contributed by atoms with Gasteiger partial charge in [-0.05, 0) is 50.6 Å². The van der Waals surface area contributed by atoms with Crippen LogP contribution in [0.3, 0.4) is 0 Å². The van der Waals surface area contributed by atoms with Crippen molar-refractivity contribution in [2.24, 2.45) is 0 Å². The monoisotopic (exact) mass is 243 g/mol. The summed E-state index contributed by atoms with van der Waals surface area (Å²) in [6.45, 7) is 3.33. The van der Waals surface area contributed by atoms with E-state index in [0.717, 1.165) is 25.4 Å². The first-order valence-electron chi connectivity index (χ1n) is 7.43. The van der Waals surface area contributed by atoms with Gasteiger partial charge in [-0.1, -0.05) is 6.08 Å². The van der Waals surface area contributed by atoms with Crippen LogP contribution in [0, 0.1) is 0 Å².